The predicted molar refractivity (Wildman–Crippen MR) is 115 cm³/mol. The van der Waals surface area contributed by atoms with Crippen molar-refractivity contribution < 1.29 is 14.4 Å². The fourth-order valence-electron chi connectivity index (χ4n) is 5.44. The Morgan fingerprint density at radius 2 is 1.73 bits per heavy atom. The lowest BCUT2D eigenvalue weighted by molar-refractivity contribution is -0.123. The van der Waals surface area contributed by atoms with Gasteiger partial charge in [-0.15, -0.1) is 0 Å². The summed E-state index contributed by atoms with van der Waals surface area (Å²) in [6, 6.07) is 14.5. The molecule has 1 saturated carbocycles. The molecular weight excluding hydrogens is 376 g/mol. The number of rotatable bonds is 4. The van der Waals surface area contributed by atoms with E-state index in [1.807, 2.05) is 31.2 Å². The molecule has 5 heteroatoms. The Morgan fingerprint density at radius 3 is 2.47 bits per heavy atom. The highest BCUT2D eigenvalue weighted by Gasteiger charge is 2.60. The average Bonchev–Trinajstić information content (AvgIpc) is 3.39. The molecule has 3 aliphatic rings. The van der Waals surface area contributed by atoms with Gasteiger partial charge in [-0.05, 0) is 67.5 Å². The summed E-state index contributed by atoms with van der Waals surface area (Å²) in [6.45, 7) is 4.10. The monoisotopic (exact) mass is 400 g/mol. The van der Waals surface area contributed by atoms with E-state index in [0.29, 0.717) is 11.3 Å². The van der Waals surface area contributed by atoms with Crippen LogP contribution in [0.2, 0.25) is 0 Å². The van der Waals surface area contributed by atoms with Crippen molar-refractivity contribution in [1.29, 1.82) is 0 Å². The van der Waals surface area contributed by atoms with Crippen LogP contribution < -0.4 is 10.2 Å². The first-order valence-electron chi connectivity index (χ1n) is 10.5. The van der Waals surface area contributed by atoms with Gasteiger partial charge in [-0.1, -0.05) is 36.8 Å². The van der Waals surface area contributed by atoms with E-state index in [4.69, 9.17) is 0 Å². The van der Waals surface area contributed by atoms with E-state index < -0.39 is 0 Å². The van der Waals surface area contributed by atoms with Crippen molar-refractivity contribution in [2.45, 2.75) is 26.7 Å². The van der Waals surface area contributed by atoms with Crippen molar-refractivity contribution in [3.63, 3.8) is 0 Å². The van der Waals surface area contributed by atoms with Crippen LogP contribution in [-0.2, 0) is 16.0 Å². The molecule has 1 aliphatic heterocycles. The lowest BCUT2D eigenvalue weighted by Crippen LogP contribution is -2.33. The molecule has 1 N–H and O–H groups in total. The average molecular weight is 400 g/mol. The highest BCUT2D eigenvalue weighted by Crippen LogP contribution is 2.55. The van der Waals surface area contributed by atoms with Crippen LogP contribution >= 0.6 is 0 Å². The van der Waals surface area contributed by atoms with Crippen LogP contribution in [-0.4, -0.2) is 17.7 Å². The van der Waals surface area contributed by atoms with Crippen molar-refractivity contribution in [2.24, 2.45) is 23.7 Å². The number of benzene rings is 2. The number of carbonyl (C=O) groups is 3. The van der Waals surface area contributed by atoms with Gasteiger partial charge in [-0.3, -0.25) is 19.3 Å². The summed E-state index contributed by atoms with van der Waals surface area (Å²) in [5.74, 6) is -0.471. The second kappa shape index (κ2) is 6.94. The van der Waals surface area contributed by atoms with Crippen LogP contribution in [0.5, 0.6) is 0 Å². The molecule has 0 radical (unpaired) electrons. The molecular formula is C25H24N2O3. The summed E-state index contributed by atoms with van der Waals surface area (Å²) in [5, 5.41) is 2.95. The molecule has 1 saturated heterocycles. The lowest BCUT2D eigenvalue weighted by atomic mass is 9.82. The fourth-order valence-corrected chi connectivity index (χ4v) is 5.44. The Bertz CT molecular complexity index is 1090. The van der Waals surface area contributed by atoms with Gasteiger partial charge in [0.05, 0.1) is 17.5 Å². The van der Waals surface area contributed by atoms with Gasteiger partial charge >= 0.3 is 0 Å². The zero-order valence-electron chi connectivity index (χ0n) is 17.1. The van der Waals surface area contributed by atoms with Gasteiger partial charge in [0.2, 0.25) is 11.8 Å². The molecule has 3 amide bonds. The first kappa shape index (κ1) is 18.8. The number of para-hydroxylation sites is 1. The number of amides is 3. The Balaban J connectivity index is 1.35. The van der Waals surface area contributed by atoms with E-state index >= 15 is 0 Å². The van der Waals surface area contributed by atoms with Gasteiger partial charge in [0.1, 0.15) is 0 Å². The highest BCUT2D eigenvalue weighted by molar-refractivity contribution is 6.23. The third-order valence-electron chi connectivity index (χ3n) is 6.91. The first-order chi connectivity index (χ1) is 14.5. The number of anilines is 2. The largest absolute Gasteiger partial charge is 0.322 e. The molecule has 0 unspecified atom stereocenters. The number of carbonyl (C=O) groups excluding carboxylic acids is 3. The van der Waals surface area contributed by atoms with Crippen molar-refractivity contribution in [1.82, 2.24) is 0 Å². The van der Waals surface area contributed by atoms with Crippen molar-refractivity contribution >= 4 is 29.1 Å². The van der Waals surface area contributed by atoms with Crippen LogP contribution in [0.3, 0.4) is 0 Å². The number of hydrogen-bond acceptors (Lipinski definition) is 3. The molecule has 4 atom stereocenters. The minimum atomic E-state index is -0.222. The number of nitrogens with zero attached hydrogens (tertiary/aromatic N) is 1. The van der Waals surface area contributed by atoms with Gasteiger partial charge in [0.15, 0.2) is 0 Å². The van der Waals surface area contributed by atoms with E-state index in [0.717, 1.165) is 24.1 Å². The molecule has 5 rings (SSSR count). The summed E-state index contributed by atoms with van der Waals surface area (Å²) in [7, 11) is 0. The molecule has 2 fully saturated rings. The zero-order valence-corrected chi connectivity index (χ0v) is 17.1. The van der Waals surface area contributed by atoms with Gasteiger partial charge in [-0.25, -0.2) is 0 Å². The quantitative estimate of drug-likeness (QED) is 0.618. The number of fused-ring (bicyclic) bond motifs is 5. The van der Waals surface area contributed by atoms with E-state index in [1.54, 1.807) is 24.3 Å². The number of nitrogens with one attached hydrogen (secondary N) is 1. The molecule has 152 valence electrons. The van der Waals surface area contributed by atoms with Crippen molar-refractivity contribution in [3.8, 4) is 0 Å². The maximum atomic E-state index is 13.1. The summed E-state index contributed by atoms with van der Waals surface area (Å²) >= 11 is 0. The summed E-state index contributed by atoms with van der Waals surface area (Å²) in [5.41, 5.74) is 4.14. The molecule has 2 aliphatic carbocycles. The Morgan fingerprint density at radius 1 is 1.03 bits per heavy atom. The summed E-state index contributed by atoms with van der Waals surface area (Å²) in [6.07, 6.45) is 3.92. The van der Waals surface area contributed by atoms with Crippen LogP contribution in [0.1, 0.15) is 36.2 Å². The topological polar surface area (TPSA) is 66.5 Å². The molecule has 0 aromatic heterocycles. The van der Waals surface area contributed by atoms with Crippen molar-refractivity contribution in [2.75, 3.05) is 10.2 Å². The SMILES string of the molecule is CCc1ccccc1NC(=O)c1ccc(N2C(=O)[C@H]3[C@H](C2=O)[C@H]2C=C(C)[C@H]3C2)cc1. The molecule has 0 spiro atoms. The second-order valence-corrected chi connectivity index (χ2v) is 8.49. The van der Waals surface area contributed by atoms with Gasteiger partial charge in [0, 0.05) is 11.3 Å². The van der Waals surface area contributed by atoms with Gasteiger partial charge in [-0.2, -0.15) is 0 Å². The number of hydrogen-bond donors (Lipinski definition) is 1. The maximum Gasteiger partial charge on any atom is 0.255 e. The predicted octanol–water partition coefficient (Wildman–Crippen LogP) is 4.20. The van der Waals surface area contributed by atoms with Crippen LogP contribution in [0.4, 0.5) is 11.4 Å². The standard InChI is InChI=1S/C25H24N2O3/c1-3-15-6-4-5-7-20(15)26-23(28)16-8-10-18(11-9-16)27-24(29)21-17-12-14(2)19(13-17)22(21)25(27)30/h4-12,17,19,21-22H,3,13H2,1-2H3,(H,26,28)/t17-,19+,21+,22+/m0/s1. The molecule has 2 bridgehead atoms. The molecule has 30 heavy (non-hydrogen) atoms. The first-order valence-corrected chi connectivity index (χ1v) is 10.5. The Kier molecular flexibility index (Phi) is 4.35. The van der Waals surface area contributed by atoms with Crippen LogP contribution in [0.25, 0.3) is 0 Å². The van der Waals surface area contributed by atoms with E-state index in [-0.39, 0.29) is 41.4 Å². The number of allylic oxidation sites excluding steroid dienone is 2. The second-order valence-electron chi connectivity index (χ2n) is 8.49. The third kappa shape index (κ3) is 2.72. The zero-order chi connectivity index (χ0) is 21.0. The summed E-state index contributed by atoms with van der Waals surface area (Å²) in [4.78, 5) is 40.1. The Labute approximate surface area is 175 Å². The number of imide groups is 1. The van der Waals surface area contributed by atoms with Gasteiger partial charge in [0.25, 0.3) is 5.91 Å². The fraction of sp³-hybridized carbons (Fsp3) is 0.320. The molecule has 5 nitrogen and oxygen atoms in total. The maximum absolute atomic E-state index is 13.1. The van der Waals surface area contributed by atoms with E-state index in [9.17, 15) is 14.4 Å². The highest BCUT2D eigenvalue weighted by atomic mass is 16.2. The molecule has 1 heterocycles. The van der Waals surface area contributed by atoms with Gasteiger partial charge < -0.3 is 5.32 Å². The Hall–Kier alpha value is -3.21. The smallest absolute Gasteiger partial charge is 0.255 e. The normalized spacial score (nSPS) is 26.7. The lowest BCUT2D eigenvalue weighted by Gasteiger charge is -2.19. The minimum Gasteiger partial charge on any atom is -0.322 e. The van der Waals surface area contributed by atoms with E-state index in [2.05, 4.69) is 18.3 Å². The van der Waals surface area contributed by atoms with Crippen LogP contribution in [0, 0.1) is 23.7 Å². The number of aryl methyl sites for hydroxylation is 1. The van der Waals surface area contributed by atoms with Crippen LogP contribution in [0.15, 0.2) is 60.2 Å². The summed E-state index contributed by atoms with van der Waals surface area (Å²) < 4.78 is 0. The molecule has 2 aromatic carbocycles. The van der Waals surface area contributed by atoms with Crippen molar-refractivity contribution in [3.05, 3.63) is 71.3 Å². The minimum absolute atomic E-state index is 0.0981. The van der Waals surface area contributed by atoms with E-state index in [1.165, 1.54) is 10.5 Å². The third-order valence-corrected chi connectivity index (χ3v) is 6.91. The molecule has 2 aromatic rings.